The topological polar surface area (TPSA) is 24.5 Å². The fourth-order valence-corrected chi connectivity index (χ4v) is 3.16. The summed E-state index contributed by atoms with van der Waals surface area (Å²) >= 11 is 0. The largest absolute Gasteiger partial charge is 0.377 e. The zero-order valence-corrected chi connectivity index (χ0v) is 13.5. The van der Waals surface area contributed by atoms with Gasteiger partial charge in [0.1, 0.15) is 0 Å². The van der Waals surface area contributed by atoms with Crippen LogP contribution in [-0.4, -0.2) is 50.3 Å². The van der Waals surface area contributed by atoms with Crippen LogP contribution < -0.4 is 5.32 Å². The van der Waals surface area contributed by atoms with Gasteiger partial charge in [-0.1, -0.05) is 27.2 Å². The molecule has 2 unspecified atom stereocenters. The Kier molecular flexibility index (Phi) is 7.96. The first-order valence-corrected chi connectivity index (χ1v) is 8.14. The number of rotatable bonds is 8. The third-order valence-corrected chi connectivity index (χ3v) is 3.97. The Morgan fingerprint density at radius 3 is 2.79 bits per heavy atom. The molecular weight excluding hydrogens is 236 g/mol. The molecule has 1 heterocycles. The molecule has 1 N–H and O–H groups in total. The van der Waals surface area contributed by atoms with Gasteiger partial charge in [-0.15, -0.1) is 0 Å². The molecule has 114 valence electrons. The highest BCUT2D eigenvalue weighted by molar-refractivity contribution is 4.82. The molecule has 0 bridgehead atoms. The highest BCUT2D eigenvalue weighted by atomic mass is 16.5. The summed E-state index contributed by atoms with van der Waals surface area (Å²) in [5.41, 5.74) is 0.397. The van der Waals surface area contributed by atoms with Crippen LogP contribution in [0.25, 0.3) is 0 Å². The molecule has 0 saturated carbocycles. The zero-order chi connectivity index (χ0) is 14.1. The van der Waals surface area contributed by atoms with E-state index >= 15 is 0 Å². The molecule has 0 amide bonds. The fourth-order valence-electron chi connectivity index (χ4n) is 3.16. The minimum atomic E-state index is 0.386. The lowest BCUT2D eigenvalue weighted by Crippen LogP contribution is -2.44. The fraction of sp³-hybridized carbons (Fsp3) is 1.00. The Morgan fingerprint density at radius 1 is 1.32 bits per heavy atom. The molecule has 1 fully saturated rings. The van der Waals surface area contributed by atoms with E-state index in [0.717, 1.165) is 26.2 Å². The molecule has 2 atom stereocenters. The van der Waals surface area contributed by atoms with Crippen molar-refractivity contribution in [1.29, 1.82) is 0 Å². The van der Waals surface area contributed by atoms with E-state index < -0.39 is 0 Å². The van der Waals surface area contributed by atoms with Crippen LogP contribution in [0, 0.1) is 5.41 Å². The van der Waals surface area contributed by atoms with Gasteiger partial charge in [-0.25, -0.2) is 0 Å². The van der Waals surface area contributed by atoms with Gasteiger partial charge in [0.05, 0.1) is 6.10 Å². The Hall–Kier alpha value is -0.120. The van der Waals surface area contributed by atoms with Crippen molar-refractivity contribution in [2.45, 2.75) is 59.5 Å². The molecule has 0 radical (unpaired) electrons. The highest BCUT2D eigenvalue weighted by Crippen LogP contribution is 2.25. The van der Waals surface area contributed by atoms with Crippen molar-refractivity contribution in [3.8, 4) is 0 Å². The molecule has 1 rings (SSSR count). The first kappa shape index (κ1) is 16.9. The molecule has 0 aromatic carbocycles. The Bertz CT molecular complexity index is 235. The van der Waals surface area contributed by atoms with Crippen molar-refractivity contribution >= 4 is 0 Å². The van der Waals surface area contributed by atoms with Gasteiger partial charge in [-0.05, 0) is 38.1 Å². The van der Waals surface area contributed by atoms with E-state index in [1.165, 1.54) is 38.8 Å². The van der Waals surface area contributed by atoms with Gasteiger partial charge < -0.3 is 15.0 Å². The maximum absolute atomic E-state index is 5.75. The van der Waals surface area contributed by atoms with E-state index in [4.69, 9.17) is 4.74 Å². The van der Waals surface area contributed by atoms with Gasteiger partial charge in [-0.3, -0.25) is 0 Å². The van der Waals surface area contributed by atoms with Crippen molar-refractivity contribution in [3.05, 3.63) is 0 Å². The molecule has 19 heavy (non-hydrogen) atoms. The second kappa shape index (κ2) is 8.93. The Balaban J connectivity index is 2.49. The third-order valence-electron chi connectivity index (χ3n) is 3.97. The van der Waals surface area contributed by atoms with Crippen molar-refractivity contribution in [2.75, 3.05) is 39.3 Å². The number of hydrogen-bond donors (Lipinski definition) is 1. The zero-order valence-electron chi connectivity index (χ0n) is 13.5. The molecule has 3 nitrogen and oxygen atoms in total. The van der Waals surface area contributed by atoms with E-state index in [1.54, 1.807) is 0 Å². The predicted octanol–water partition coefficient (Wildman–Crippen LogP) is 2.90. The summed E-state index contributed by atoms with van der Waals surface area (Å²) in [5, 5.41) is 3.62. The van der Waals surface area contributed by atoms with Gasteiger partial charge >= 0.3 is 0 Å². The summed E-state index contributed by atoms with van der Waals surface area (Å²) in [6, 6.07) is 0. The first-order chi connectivity index (χ1) is 9.09. The third kappa shape index (κ3) is 6.73. The van der Waals surface area contributed by atoms with Crippen LogP contribution in [0.4, 0.5) is 0 Å². The monoisotopic (exact) mass is 270 g/mol. The highest BCUT2D eigenvalue weighted by Gasteiger charge is 2.27. The minimum Gasteiger partial charge on any atom is -0.377 e. The van der Waals surface area contributed by atoms with E-state index in [0.29, 0.717) is 11.5 Å². The standard InChI is InChI=1S/C16H34N2O/c1-5-8-16(4,13-17-9-6-2)14-18-10-7-11-19-15(3)12-18/h15,17H,5-14H2,1-4H3. The van der Waals surface area contributed by atoms with E-state index in [9.17, 15) is 0 Å². The number of nitrogens with zero attached hydrogens (tertiary/aromatic N) is 1. The summed E-state index contributed by atoms with van der Waals surface area (Å²) in [7, 11) is 0. The van der Waals surface area contributed by atoms with Gasteiger partial charge in [0.2, 0.25) is 0 Å². The lowest BCUT2D eigenvalue weighted by molar-refractivity contribution is 0.0593. The van der Waals surface area contributed by atoms with Gasteiger partial charge in [0, 0.05) is 32.8 Å². The van der Waals surface area contributed by atoms with E-state index in [1.807, 2.05) is 0 Å². The van der Waals surface area contributed by atoms with Gasteiger partial charge in [0.25, 0.3) is 0 Å². The van der Waals surface area contributed by atoms with Gasteiger partial charge in [0.15, 0.2) is 0 Å². The van der Waals surface area contributed by atoms with Crippen LogP contribution >= 0.6 is 0 Å². The second-order valence-electron chi connectivity index (χ2n) is 6.51. The maximum atomic E-state index is 5.75. The second-order valence-corrected chi connectivity index (χ2v) is 6.51. The molecule has 1 aliphatic rings. The summed E-state index contributed by atoms with van der Waals surface area (Å²) in [5.74, 6) is 0. The average molecular weight is 270 g/mol. The smallest absolute Gasteiger partial charge is 0.0673 e. The van der Waals surface area contributed by atoms with Crippen LogP contribution in [-0.2, 0) is 4.74 Å². The van der Waals surface area contributed by atoms with Crippen LogP contribution in [0.5, 0.6) is 0 Å². The van der Waals surface area contributed by atoms with Crippen LogP contribution in [0.15, 0.2) is 0 Å². The summed E-state index contributed by atoms with van der Waals surface area (Å²) < 4.78 is 5.75. The van der Waals surface area contributed by atoms with Crippen molar-refractivity contribution in [1.82, 2.24) is 10.2 Å². The molecule has 3 heteroatoms. The van der Waals surface area contributed by atoms with Crippen molar-refractivity contribution in [3.63, 3.8) is 0 Å². The molecule has 0 aromatic heterocycles. The summed E-state index contributed by atoms with van der Waals surface area (Å²) in [6.45, 7) is 15.9. The first-order valence-electron chi connectivity index (χ1n) is 8.14. The van der Waals surface area contributed by atoms with Crippen LogP contribution in [0.3, 0.4) is 0 Å². The van der Waals surface area contributed by atoms with Gasteiger partial charge in [-0.2, -0.15) is 0 Å². The molecule has 1 aliphatic heterocycles. The van der Waals surface area contributed by atoms with Crippen LogP contribution in [0.2, 0.25) is 0 Å². The average Bonchev–Trinajstić information content (AvgIpc) is 2.54. The molecular formula is C16H34N2O. The quantitative estimate of drug-likeness (QED) is 0.686. The van der Waals surface area contributed by atoms with Crippen molar-refractivity contribution < 1.29 is 4.74 Å². The van der Waals surface area contributed by atoms with E-state index in [2.05, 4.69) is 37.9 Å². The molecule has 0 aliphatic carbocycles. The Morgan fingerprint density at radius 2 is 2.11 bits per heavy atom. The van der Waals surface area contributed by atoms with E-state index in [-0.39, 0.29) is 0 Å². The summed E-state index contributed by atoms with van der Waals surface area (Å²) in [4.78, 5) is 2.61. The lowest BCUT2D eigenvalue weighted by Gasteiger charge is -2.36. The number of hydrogen-bond acceptors (Lipinski definition) is 3. The van der Waals surface area contributed by atoms with Crippen LogP contribution in [0.1, 0.15) is 53.4 Å². The predicted molar refractivity (Wildman–Crippen MR) is 82.6 cm³/mol. The SMILES string of the molecule is CCCNCC(C)(CCC)CN1CCCOC(C)C1. The lowest BCUT2D eigenvalue weighted by atomic mass is 9.84. The minimum absolute atomic E-state index is 0.386. The molecule has 0 aromatic rings. The maximum Gasteiger partial charge on any atom is 0.0673 e. The number of ether oxygens (including phenoxy) is 1. The number of nitrogens with one attached hydrogen (secondary N) is 1. The Labute approximate surface area is 120 Å². The van der Waals surface area contributed by atoms with Crippen molar-refractivity contribution in [2.24, 2.45) is 5.41 Å². The molecule has 1 saturated heterocycles. The summed E-state index contributed by atoms with van der Waals surface area (Å²) in [6.07, 6.45) is 5.35. The molecule has 0 spiro atoms. The normalized spacial score (nSPS) is 24.9.